The topological polar surface area (TPSA) is 27.6 Å². The van der Waals surface area contributed by atoms with E-state index < -0.39 is 0 Å². The second kappa shape index (κ2) is 2.82. The van der Waals surface area contributed by atoms with Crippen molar-refractivity contribution in [2.45, 2.75) is 10.1 Å². The Morgan fingerprint density at radius 3 is 3.36 bits per heavy atom. The van der Waals surface area contributed by atoms with Crippen LogP contribution in [0.3, 0.4) is 0 Å². The summed E-state index contributed by atoms with van der Waals surface area (Å²) < 4.78 is 0.491. The van der Waals surface area contributed by atoms with Crippen LogP contribution in [0.2, 0.25) is 0 Å². The van der Waals surface area contributed by atoms with E-state index in [4.69, 9.17) is 11.6 Å². The molecule has 0 fully saturated rings. The van der Waals surface area contributed by atoms with Crippen molar-refractivity contribution in [2.75, 3.05) is 6.54 Å². The Hall–Kier alpha value is 0.0300. The monoisotopic (exact) mass is 283 g/mol. The Morgan fingerprint density at radius 2 is 2.64 bits per heavy atom. The predicted octanol–water partition coefficient (Wildman–Crippen LogP) is 1.10. The molecule has 0 aromatic rings. The highest BCUT2D eigenvalue weighted by Gasteiger charge is 2.31. The van der Waals surface area contributed by atoms with Crippen molar-refractivity contribution in [3.8, 4) is 0 Å². The maximum atomic E-state index is 5.86. The lowest BCUT2D eigenvalue weighted by Gasteiger charge is -2.31. The molecule has 11 heavy (non-hydrogen) atoms. The molecule has 0 radical (unpaired) electrons. The number of halogens is 2. The molecule has 3 nitrogen and oxygen atoms in total. The van der Waals surface area contributed by atoms with Crippen LogP contribution < -0.4 is 5.32 Å². The van der Waals surface area contributed by atoms with Crippen molar-refractivity contribution >= 4 is 39.5 Å². The van der Waals surface area contributed by atoms with E-state index in [-0.39, 0.29) is 0 Å². The van der Waals surface area contributed by atoms with E-state index in [1.807, 2.05) is 17.3 Å². The van der Waals surface area contributed by atoms with Gasteiger partial charge in [-0.3, -0.25) is 4.99 Å². The van der Waals surface area contributed by atoms with Crippen molar-refractivity contribution < 1.29 is 0 Å². The minimum atomic E-state index is 0.306. The highest BCUT2D eigenvalue weighted by atomic mass is 127. The van der Waals surface area contributed by atoms with E-state index in [1.54, 1.807) is 0 Å². The van der Waals surface area contributed by atoms with Gasteiger partial charge in [0.15, 0.2) is 5.29 Å². The molecule has 2 atom stereocenters. The first-order valence-electron chi connectivity index (χ1n) is 3.34. The molecule has 5 heteroatoms. The maximum Gasteiger partial charge on any atom is 0.199 e. The van der Waals surface area contributed by atoms with Crippen LogP contribution in [-0.2, 0) is 0 Å². The number of hydrogen-bond acceptors (Lipinski definition) is 3. The fourth-order valence-electron chi connectivity index (χ4n) is 1.19. The summed E-state index contributed by atoms with van der Waals surface area (Å²) >= 11 is 8.24. The quantitative estimate of drug-likeness (QED) is 0.410. The third kappa shape index (κ3) is 1.22. The molecule has 0 aromatic carbocycles. The number of aliphatic imine (C=N–C) groups is 1. The van der Waals surface area contributed by atoms with Crippen molar-refractivity contribution in [1.82, 2.24) is 10.2 Å². The zero-order valence-electron chi connectivity index (χ0n) is 5.67. The van der Waals surface area contributed by atoms with Crippen molar-refractivity contribution in [1.29, 1.82) is 0 Å². The summed E-state index contributed by atoms with van der Waals surface area (Å²) in [5.41, 5.74) is 0. The van der Waals surface area contributed by atoms with Gasteiger partial charge in [0, 0.05) is 12.4 Å². The first kappa shape index (κ1) is 7.67. The summed E-state index contributed by atoms with van der Waals surface area (Å²) in [5.74, 6) is 0. The summed E-state index contributed by atoms with van der Waals surface area (Å²) in [6, 6.07) is 0. The summed E-state index contributed by atoms with van der Waals surface area (Å²) in [6.45, 7) is 0.801. The Kier molecular flexibility index (Phi) is 1.97. The number of amidine groups is 1. The number of rotatable bonds is 0. The molecule has 0 amide bonds. The lowest BCUT2D eigenvalue weighted by molar-refractivity contribution is 0.383. The smallest absolute Gasteiger partial charge is 0.199 e. The van der Waals surface area contributed by atoms with Gasteiger partial charge in [0.05, 0.1) is 10.5 Å². The molecule has 2 heterocycles. The van der Waals surface area contributed by atoms with Crippen LogP contribution in [0.25, 0.3) is 0 Å². The van der Waals surface area contributed by atoms with Crippen molar-refractivity contribution in [3.63, 3.8) is 0 Å². The fraction of sp³-hybridized carbons (Fsp3) is 0.500. The number of alkyl halides is 1. The maximum absolute atomic E-state index is 5.86. The molecule has 2 aliphatic heterocycles. The zero-order valence-corrected chi connectivity index (χ0v) is 8.58. The molecule has 2 aliphatic rings. The molecule has 2 rings (SSSR count). The molecule has 0 bridgehead atoms. The average Bonchev–Trinajstić information content (AvgIpc) is 2.45. The van der Waals surface area contributed by atoms with Crippen molar-refractivity contribution in [2.24, 2.45) is 4.99 Å². The number of fused-ring (bicyclic) bond motifs is 1. The predicted molar refractivity (Wildman–Crippen MR) is 53.9 cm³/mol. The molecule has 2 unspecified atom stereocenters. The van der Waals surface area contributed by atoms with Gasteiger partial charge >= 0.3 is 0 Å². The van der Waals surface area contributed by atoms with Gasteiger partial charge in [0.25, 0.3) is 0 Å². The van der Waals surface area contributed by atoms with Crippen LogP contribution in [0, 0.1) is 0 Å². The van der Waals surface area contributed by atoms with Gasteiger partial charge in [-0.2, -0.15) is 0 Å². The lowest BCUT2D eigenvalue weighted by atomic mass is 10.3. The van der Waals surface area contributed by atoms with Crippen LogP contribution in [0.5, 0.6) is 0 Å². The van der Waals surface area contributed by atoms with E-state index in [2.05, 4.69) is 32.9 Å². The molecule has 60 valence electrons. The number of nitrogens with one attached hydrogen (secondary N) is 1. The first-order valence-corrected chi connectivity index (χ1v) is 4.96. The molecular weight excluding hydrogens is 276 g/mol. The molecule has 0 spiro atoms. The SMILES string of the molecule is ClC1=NCC(I)C2NC=CN12. The standard InChI is InChI=1S/C6H7ClIN3/c7-6-10-3-4(8)5-9-1-2-11(5)6/h1-2,4-5,9H,3H2. The van der Waals surface area contributed by atoms with Gasteiger partial charge in [-0.05, 0) is 11.6 Å². The van der Waals surface area contributed by atoms with E-state index in [9.17, 15) is 0 Å². The highest BCUT2D eigenvalue weighted by molar-refractivity contribution is 14.1. The second-order valence-corrected chi connectivity index (χ2v) is 4.40. The molecule has 0 aromatic heterocycles. The molecule has 0 saturated carbocycles. The normalized spacial score (nSPS) is 34.7. The Labute approximate surface area is 83.6 Å². The van der Waals surface area contributed by atoms with Gasteiger partial charge in [-0.1, -0.05) is 22.6 Å². The summed E-state index contributed by atoms with van der Waals surface area (Å²) in [6.07, 6.45) is 4.13. The lowest BCUT2D eigenvalue weighted by Crippen LogP contribution is -2.48. The van der Waals surface area contributed by atoms with Gasteiger partial charge in [0.2, 0.25) is 0 Å². The van der Waals surface area contributed by atoms with Crippen molar-refractivity contribution in [3.05, 3.63) is 12.4 Å². The largest absolute Gasteiger partial charge is 0.369 e. The minimum Gasteiger partial charge on any atom is -0.369 e. The van der Waals surface area contributed by atoms with Gasteiger partial charge < -0.3 is 10.2 Å². The van der Waals surface area contributed by atoms with Crippen LogP contribution >= 0.6 is 34.2 Å². The number of hydrogen-bond donors (Lipinski definition) is 1. The summed E-state index contributed by atoms with van der Waals surface area (Å²) in [4.78, 5) is 6.11. The van der Waals surface area contributed by atoms with Gasteiger partial charge in [-0.15, -0.1) is 0 Å². The Morgan fingerprint density at radius 1 is 1.82 bits per heavy atom. The first-order chi connectivity index (χ1) is 5.29. The van der Waals surface area contributed by atoms with Gasteiger partial charge in [0.1, 0.15) is 6.17 Å². The summed E-state index contributed by atoms with van der Waals surface area (Å²) in [7, 11) is 0. The van der Waals surface area contributed by atoms with E-state index >= 15 is 0 Å². The molecule has 0 aliphatic carbocycles. The summed E-state index contributed by atoms with van der Waals surface area (Å²) in [5, 5.41) is 3.80. The highest BCUT2D eigenvalue weighted by Crippen LogP contribution is 2.22. The molecule has 1 N–H and O–H groups in total. The zero-order chi connectivity index (χ0) is 7.84. The van der Waals surface area contributed by atoms with Crippen LogP contribution in [0.15, 0.2) is 17.4 Å². The van der Waals surface area contributed by atoms with E-state index in [1.165, 1.54) is 0 Å². The van der Waals surface area contributed by atoms with Crippen LogP contribution in [-0.4, -0.2) is 26.8 Å². The van der Waals surface area contributed by atoms with Crippen LogP contribution in [0.1, 0.15) is 0 Å². The third-order valence-corrected chi connectivity index (χ3v) is 3.14. The number of nitrogens with zero attached hydrogens (tertiary/aromatic N) is 2. The molecular formula is C6H7ClIN3. The second-order valence-electron chi connectivity index (χ2n) is 2.46. The average molecular weight is 284 g/mol. The fourth-order valence-corrected chi connectivity index (χ4v) is 2.18. The molecule has 0 saturated heterocycles. The Balaban J connectivity index is 2.25. The third-order valence-electron chi connectivity index (χ3n) is 1.75. The van der Waals surface area contributed by atoms with E-state index in [0.717, 1.165) is 6.54 Å². The minimum absolute atomic E-state index is 0.306. The van der Waals surface area contributed by atoms with E-state index in [0.29, 0.717) is 15.4 Å². The van der Waals surface area contributed by atoms with Crippen LogP contribution in [0.4, 0.5) is 0 Å². The Bertz CT molecular complexity index is 228. The van der Waals surface area contributed by atoms with Gasteiger partial charge in [-0.25, -0.2) is 0 Å².